The van der Waals surface area contributed by atoms with E-state index in [2.05, 4.69) is 51.5 Å². The molecule has 5 heteroatoms. The van der Waals surface area contributed by atoms with Crippen molar-refractivity contribution in [2.24, 2.45) is 4.99 Å². The molecule has 1 amide bonds. The first-order chi connectivity index (χ1) is 12.8. The van der Waals surface area contributed by atoms with E-state index in [1.165, 1.54) is 5.56 Å². The number of amides is 1. The van der Waals surface area contributed by atoms with Gasteiger partial charge in [0.05, 0.1) is 5.70 Å². The monoisotopic (exact) mass is 344 g/mol. The van der Waals surface area contributed by atoms with Crippen LogP contribution in [0.4, 0.5) is 0 Å². The SMILES string of the molecule is O=C1C=CC2=CN=C(c3ccc(CN4CC=CC4)cc3)N3CCC(=C23)N1. The van der Waals surface area contributed by atoms with Gasteiger partial charge >= 0.3 is 0 Å². The van der Waals surface area contributed by atoms with Crippen LogP contribution in [0.1, 0.15) is 17.5 Å². The van der Waals surface area contributed by atoms with Crippen molar-refractivity contribution < 1.29 is 4.79 Å². The van der Waals surface area contributed by atoms with E-state index < -0.39 is 0 Å². The smallest absolute Gasteiger partial charge is 0.248 e. The molecule has 1 N–H and O–H groups in total. The highest BCUT2D eigenvalue weighted by Gasteiger charge is 2.32. The molecule has 26 heavy (non-hydrogen) atoms. The summed E-state index contributed by atoms with van der Waals surface area (Å²) in [6, 6.07) is 8.69. The van der Waals surface area contributed by atoms with Crippen LogP contribution >= 0.6 is 0 Å². The van der Waals surface area contributed by atoms with Crippen LogP contribution in [0.3, 0.4) is 0 Å². The average molecular weight is 344 g/mol. The lowest BCUT2D eigenvalue weighted by atomic mass is 10.1. The predicted octanol–water partition coefficient (Wildman–Crippen LogP) is 2.31. The summed E-state index contributed by atoms with van der Waals surface area (Å²) in [5.74, 6) is 0.893. The number of hydrogen-bond acceptors (Lipinski definition) is 4. The summed E-state index contributed by atoms with van der Waals surface area (Å²) < 4.78 is 0. The van der Waals surface area contributed by atoms with Crippen LogP contribution in [0, 0.1) is 0 Å². The molecule has 0 bridgehead atoms. The molecule has 5 rings (SSSR count). The van der Waals surface area contributed by atoms with Crippen LogP contribution in [-0.2, 0) is 11.3 Å². The van der Waals surface area contributed by atoms with Crippen LogP contribution in [-0.4, -0.2) is 41.2 Å². The van der Waals surface area contributed by atoms with Gasteiger partial charge in [-0.25, -0.2) is 4.99 Å². The highest BCUT2D eigenvalue weighted by atomic mass is 16.1. The van der Waals surface area contributed by atoms with Crippen molar-refractivity contribution in [3.63, 3.8) is 0 Å². The normalized spacial score (nSPS) is 21.5. The van der Waals surface area contributed by atoms with E-state index in [4.69, 9.17) is 4.99 Å². The third-order valence-electron chi connectivity index (χ3n) is 5.20. The zero-order chi connectivity index (χ0) is 17.5. The Bertz CT molecular complexity index is 910. The molecule has 1 aromatic carbocycles. The maximum Gasteiger partial charge on any atom is 0.248 e. The highest BCUT2D eigenvalue weighted by molar-refractivity contribution is 6.02. The molecule has 0 aliphatic carbocycles. The number of nitrogens with one attached hydrogen (secondary N) is 1. The van der Waals surface area contributed by atoms with Crippen molar-refractivity contribution in [2.45, 2.75) is 13.0 Å². The Kier molecular flexibility index (Phi) is 3.60. The average Bonchev–Trinajstić information content (AvgIpc) is 3.28. The first-order valence-corrected chi connectivity index (χ1v) is 9.03. The zero-order valence-electron chi connectivity index (χ0n) is 14.5. The maximum atomic E-state index is 11.8. The quantitative estimate of drug-likeness (QED) is 0.856. The van der Waals surface area contributed by atoms with Gasteiger partial charge in [-0.05, 0) is 11.6 Å². The molecule has 4 aliphatic rings. The number of amidine groups is 1. The summed E-state index contributed by atoms with van der Waals surface area (Å²) in [5.41, 5.74) is 5.51. The van der Waals surface area contributed by atoms with Gasteiger partial charge in [0.25, 0.3) is 0 Å². The highest BCUT2D eigenvalue weighted by Crippen LogP contribution is 2.34. The van der Waals surface area contributed by atoms with Crippen LogP contribution in [0.25, 0.3) is 0 Å². The lowest BCUT2D eigenvalue weighted by Crippen LogP contribution is -2.31. The third kappa shape index (κ3) is 2.61. The molecule has 0 fully saturated rings. The van der Waals surface area contributed by atoms with Crippen molar-refractivity contribution >= 4 is 11.7 Å². The largest absolute Gasteiger partial charge is 0.324 e. The van der Waals surface area contributed by atoms with E-state index in [0.29, 0.717) is 0 Å². The van der Waals surface area contributed by atoms with E-state index in [9.17, 15) is 4.79 Å². The Morgan fingerprint density at radius 3 is 2.69 bits per heavy atom. The molecule has 0 radical (unpaired) electrons. The van der Waals surface area contributed by atoms with Crippen molar-refractivity contribution in [1.29, 1.82) is 0 Å². The van der Waals surface area contributed by atoms with Crippen LogP contribution < -0.4 is 5.32 Å². The molecular formula is C21H20N4O. The van der Waals surface area contributed by atoms with Gasteiger partial charge in [-0.1, -0.05) is 36.4 Å². The van der Waals surface area contributed by atoms with E-state index in [1.54, 1.807) is 6.08 Å². The second-order valence-corrected chi connectivity index (χ2v) is 6.95. The fraction of sp³-hybridized carbons (Fsp3) is 0.238. The molecule has 4 aliphatic heterocycles. The van der Waals surface area contributed by atoms with E-state index in [0.717, 1.165) is 61.0 Å². The summed E-state index contributed by atoms with van der Waals surface area (Å²) in [6.07, 6.45) is 10.6. The fourth-order valence-electron chi connectivity index (χ4n) is 3.92. The van der Waals surface area contributed by atoms with Crippen LogP contribution in [0.15, 0.2) is 76.7 Å². The Hall–Kier alpha value is -2.92. The summed E-state index contributed by atoms with van der Waals surface area (Å²) >= 11 is 0. The number of benzene rings is 1. The molecule has 1 aromatic rings. The molecule has 0 aromatic heterocycles. The van der Waals surface area contributed by atoms with Gasteiger partial charge in [0.15, 0.2) is 0 Å². The lowest BCUT2D eigenvalue weighted by Gasteiger charge is -2.27. The minimum absolute atomic E-state index is 0.0630. The molecule has 4 heterocycles. The molecule has 5 nitrogen and oxygen atoms in total. The summed E-state index contributed by atoms with van der Waals surface area (Å²) in [4.78, 5) is 21.1. The zero-order valence-corrected chi connectivity index (χ0v) is 14.5. The molecule has 0 saturated carbocycles. The van der Waals surface area contributed by atoms with Crippen molar-refractivity contribution in [3.8, 4) is 0 Å². The number of aliphatic imine (C=N–C) groups is 1. The second-order valence-electron chi connectivity index (χ2n) is 6.95. The standard InChI is InChI=1S/C21H20N4O/c26-19-8-7-17-13-22-21(25-12-9-18(23-19)20(17)25)16-5-3-15(4-6-16)14-24-10-1-2-11-24/h1-8,13H,9-12,14H2,(H,23,26). The van der Waals surface area contributed by atoms with E-state index in [-0.39, 0.29) is 5.91 Å². The predicted molar refractivity (Wildman–Crippen MR) is 101 cm³/mol. The molecule has 0 saturated heterocycles. The number of carbonyl (C=O) groups excluding carboxylic acids is 1. The number of hydrogen-bond donors (Lipinski definition) is 1. The summed E-state index contributed by atoms with van der Waals surface area (Å²) in [7, 11) is 0. The summed E-state index contributed by atoms with van der Waals surface area (Å²) in [5, 5.41) is 3.00. The molecule has 0 atom stereocenters. The van der Waals surface area contributed by atoms with Crippen molar-refractivity contribution in [2.75, 3.05) is 19.6 Å². The number of rotatable bonds is 3. The maximum absolute atomic E-state index is 11.8. The third-order valence-corrected chi connectivity index (χ3v) is 5.20. The van der Waals surface area contributed by atoms with E-state index in [1.807, 2.05) is 12.3 Å². The Morgan fingerprint density at radius 1 is 1.08 bits per heavy atom. The summed E-state index contributed by atoms with van der Waals surface area (Å²) in [6.45, 7) is 3.88. The fourth-order valence-corrected chi connectivity index (χ4v) is 3.92. The first kappa shape index (κ1) is 15.3. The first-order valence-electron chi connectivity index (χ1n) is 9.03. The number of carbonyl (C=O) groups is 1. The lowest BCUT2D eigenvalue weighted by molar-refractivity contribution is -0.115. The molecule has 130 valence electrons. The molecular weight excluding hydrogens is 324 g/mol. The van der Waals surface area contributed by atoms with E-state index >= 15 is 0 Å². The van der Waals surface area contributed by atoms with Gasteiger partial charge in [-0.15, -0.1) is 0 Å². The van der Waals surface area contributed by atoms with Gasteiger partial charge in [-0.3, -0.25) is 9.69 Å². The van der Waals surface area contributed by atoms with Crippen molar-refractivity contribution in [1.82, 2.24) is 15.1 Å². The second kappa shape index (κ2) is 6.11. The molecule has 0 spiro atoms. The van der Waals surface area contributed by atoms with Gasteiger partial charge in [-0.2, -0.15) is 0 Å². The minimum Gasteiger partial charge on any atom is -0.324 e. The van der Waals surface area contributed by atoms with Gasteiger partial charge in [0.2, 0.25) is 5.91 Å². The van der Waals surface area contributed by atoms with Gasteiger partial charge in [0, 0.05) is 61.7 Å². The Morgan fingerprint density at radius 2 is 1.88 bits per heavy atom. The topological polar surface area (TPSA) is 47.9 Å². The Balaban J connectivity index is 1.42. The minimum atomic E-state index is -0.0630. The molecule has 0 unspecified atom stereocenters. The Labute approximate surface area is 152 Å². The van der Waals surface area contributed by atoms with Crippen LogP contribution in [0.2, 0.25) is 0 Å². The number of allylic oxidation sites excluding steroid dienone is 1. The number of nitrogens with zero attached hydrogens (tertiary/aromatic N) is 3. The van der Waals surface area contributed by atoms with Gasteiger partial charge < -0.3 is 10.2 Å². The van der Waals surface area contributed by atoms with Crippen LogP contribution in [0.5, 0.6) is 0 Å². The van der Waals surface area contributed by atoms with Gasteiger partial charge in [0.1, 0.15) is 5.84 Å². The van der Waals surface area contributed by atoms with Crippen molar-refractivity contribution in [3.05, 3.63) is 82.9 Å².